The van der Waals surface area contributed by atoms with Crippen molar-refractivity contribution in [1.82, 2.24) is 4.90 Å². The van der Waals surface area contributed by atoms with Crippen LogP contribution in [0.4, 0.5) is 0 Å². The average Bonchev–Trinajstić information content (AvgIpc) is 2.75. The molecular formula is C16H15NO4S2. The Morgan fingerprint density at radius 1 is 1.57 bits per heavy atom. The summed E-state index contributed by atoms with van der Waals surface area (Å²) in [6.45, 7) is 5.44. The minimum absolute atomic E-state index is 0.162. The van der Waals surface area contributed by atoms with E-state index in [0.717, 1.165) is 5.56 Å². The summed E-state index contributed by atoms with van der Waals surface area (Å²) in [5.41, 5.74) is 0.735. The van der Waals surface area contributed by atoms with Gasteiger partial charge in [0.1, 0.15) is 10.1 Å². The van der Waals surface area contributed by atoms with Crippen LogP contribution in [0.2, 0.25) is 0 Å². The molecule has 1 saturated heterocycles. The largest absolute Gasteiger partial charge is 0.479 e. The Morgan fingerprint density at radius 3 is 2.96 bits per heavy atom. The van der Waals surface area contributed by atoms with Crippen molar-refractivity contribution in [3.63, 3.8) is 0 Å². The van der Waals surface area contributed by atoms with E-state index in [1.54, 1.807) is 36.4 Å². The van der Waals surface area contributed by atoms with Crippen LogP contribution in [-0.2, 0) is 9.59 Å². The van der Waals surface area contributed by atoms with E-state index >= 15 is 0 Å². The summed E-state index contributed by atoms with van der Waals surface area (Å²) in [6.07, 6.45) is 2.38. The van der Waals surface area contributed by atoms with Crippen molar-refractivity contribution in [2.45, 2.75) is 13.0 Å². The van der Waals surface area contributed by atoms with Crippen LogP contribution in [0.1, 0.15) is 12.5 Å². The number of ether oxygens (including phenoxy) is 1. The van der Waals surface area contributed by atoms with Gasteiger partial charge >= 0.3 is 5.97 Å². The maximum absolute atomic E-state index is 12.3. The number of carboxylic acid groups (broad SMARTS) is 1. The summed E-state index contributed by atoms with van der Waals surface area (Å²) in [5.74, 6) is -0.777. The van der Waals surface area contributed by atoms with E-state index in [1.165, 1.54) is 23.6 Å². The quantitative estimate of drug-likeness (QED) is 0.484. The molecule has 1 amide bonds. The number of nitrogens with zero attached hydrogens (tertiary/aromatic N) is 1. The molecule has 0 spiro atoms. The molecule has 1 atom stereocenters. The second-order valence-electron chi connectivity index (χ2n) is 4.75. The maximum Gasteiger partial charge on any atom is 0.344 e. The number of carbonyl (C=O) groups is 2. The molecule has 23 heavy (non-hydrogen) atoms. The summed E-state index contributed by atoms with van der Waals surface area (Å²) in [5, 5.41) is 8.87. The van der Waals surface area contributed by atoms with E-state index in [2.05, 4.69) is 6.58 Å². The first-order valence-corrected chi connectivity index (χ1v) is 8.00. The zero-order chi connectivity index (χ0) is 17.0. The van der Waals surface area contributed by atoms with Gasteiger partial charge in [0.15, 0.2) is 6.10 Å². The van der Waals surface area contributed by atoms with Crippen molar-refractivity contribution in [3.05, 3.63) is 47.4 Å². The second kappa shape index (κ2) is 7.43. The lowest BCUT2D eigenvalue weighted by molar-refractivity contribution is -0.144. The summed E-state index contributed by atoms with van der Waals surface area (Å²) < 4.78 is 5.81. The number of amides is 1. The molecule has 0 aromatic heterocycles. The molecule has 1 aliphatic rings. The van der Waals surface area contributed by atoms with Crippen LogP contribution in [0.5, 0.6) is 5.75 Å². The molecule has 1 N–H and O–H groups in total. The van der Waals surface area contributed by atoms with E-state index in [4.69, 9.17) is 22.1 Å². The number of thioether (sulfide) groups is 1. The second-order valence-corrected chi connectivity index (χ2v) is 6.43. The highest BCUT2D eigenvalue weighted by Crippen LogP contribution is 2.32. The van der Waals surface area contributed by atoms with Gasteiger partial charge in [-0.25, -0.2) is 4.79 Å². The molecule has 0 aliphatic carbocycles. The van der Waals surface area contributed by atoms with Crippen molar-refractivity contribution >= 4 is 46.3 Å². The van der Waals surface area contributed by atoms with Crippen molar-refractivity contribution in [2.24, 2.45) is 0 Å². The van der Waals surface area contributed by atoms with Crippen molar-refractivity contribution in [1.29, 1.82) is 0 Å². The number of hydrogen-bond donors (Lipinski definition) is 1. The fraction of sp³-hybridized carbons (Fsp3) is 0.188. The van der Waals surface area contributed by atoms with Gasteiger partial charge in [-0.15, -0.1) is 6.58 Å². The normalized spacial score (nSPS) is 17.4. The minimum Gasteiger partial charge on any atom is -0.479 e. The highest BCUT2D eigenvalue weighted by Gasteiger charge is 2.30. The molecule has 1 heterocycles. The first kappa shape index (κ1) is 17.2. The number of rotatable bonds is 6. The third-order valence-corrected chi connectivity index (χ3v) is 4.38. The molecule has 1 fully saturated rings. The third-order valence-electron chi connectivity index (χ3n) is 3.00. The first-order valence-electron chi connectivity index (χ1n) is 6.78. The van der Waals surface area contributed by atoms with Gasteiger partial charge in [-0.2, -0.15) is 0 Å². The van der Waals surface area contributed by atoms with Crippen LogP contribution in [0.25, 0.3) is 6.08 Å². The fourth-order valence-corrected chi connectivity index (χ4v) is 3.15. The van der Waals surface area contributed by atoms with E-state index < -0.39 is 12.1 Å². The molecule has 1 unspecified atom stereocenters. The van der Waals surface area contributed by atoms with E-state index in [-0.39, 0.29) is 5.91 Å². The van der Waals surface area contributed by atoms with Crippen LogP contribution in [0, 0.1) is 0 Å². The summed E-state index contributed by atoms with van der Waals surface area (Å²) in [4.78, 5) is 25.1. The molecule has 120 valence electrons. The van der Waals surface area contributed by atoms with Crippen LogP contribution in [0.3, 0.4) is 0 Å². The predicted octanol–water partition coefficient (Wildman–Crippen LogP) is 2.93. The van der Waals surface area contributed by atoms with Gasteiger partial charge in [0.05, 0.1) is 4.91 Å². The van der Waals surface area contributed by atoms with E-state index in [0.29, 0.717) is 21.5 Å². The lowest BCUT2D eigenvalue weighted by atomic mass is 10.2. The predicted molar refractivity (Wildman–Crippen MR) is 94.2 cm³/mol. The average molecular weight is 349 g/mol. The Hall–Kier alpha value is -2.12. The zero-order valence-electron chi connectivity index (χ0n) is 12.4. The Bertz CT molecular complexity index is 699. The first-order chi connectivity index (χ1) is 10.9. The molecule has 1 aromatic carbocycles. The molecule has 1 aliphatic heterocycles. The number of carbonyl (C=O) groups excluding carboxylic acids is 1. The Morgan fingerprint density at radius 2 is 2.30 bits per heavy atom. The van der Waals surface area contributed by atoms with Gasteiger partial charge in [0, 0.05) is 6.54 Å². The zero-order valence-corrected chi connectivity index (χ0v) is 14.0. The number of benzene rings is 1. The van der Waals surface area contributed by atoms with Gasteiger partial charge in [0.25, 0.3) is 5.91 Å². The van der Waals surface area contributed by atoms with Gasteiger partial charge < -0.3 is 9.84 Å². The highest BCUT2D eigenvalue weighted by molar-refractivity contribution is 8.26. The molecule has 1 aromatic rings. The molecule has 0 bridgehead atoms. The molecule has 5 nitrogen and oxygen atoms in total. The smallest absolute Gasteiger partial charge is 0.344 e. The van der Waals surface area contributed by atoms with Gasteiger partial charge in [-0.05, 0) is 30.7 Å². The SMILES string of the molecule is C=CCN1C(=O)/C(=C\c2cccc(OC(C)C(=O)O)c2)SC1=S. The summed E-state index contributed by atoms with van der Waals surface area (Å²) in [7, 11) is 0. The molecule has 0 saturated carbocycles. The van der Waals surface area contributed by atoms with Crippen LogP contribution in [-0.4, -0.2) is 38.9 Å². The molecule has 2 rings (SSSR count). The lowest BCUT2D eigenvalue weighted by Gasteiger charge is -2.11. The Kier molecular flexibility index (Phi) is 5.57. The van der Waals surface area contributed by atoms with Gasteiger partial charge in [-0.3, -0.25) is 9.69 Å². The maximum atomic E-state index is 12.3. The fourth-order valence-electron chi connectivity index (χ4n) is 1.87. The molecular weight excluding hydrogens is 334 g/mol. The van der Waals surface area contributed by atoms with Crippen LogP contribution >= 0.6 is 24.0 Å². The Labute approximate surface area is 143 Å². The Balaban J connectivity index is 2.20. The topological polar surface area (TPSA) is 66.8 Å². The minimum atomic E-state index is -1.04. The lowest BCUT2D eigenvalue weighted by Crippen LogP contribution is -2.27. The van der Waals surface area contributed by atoms with Crippen molar-refractivity contribution in [2.75, 3.05) is 6.54 Å². The van der Waals surface area contributed by atoms with Gasteiger partial charge in [-0.1, -0.05) is 42.2 Å². The highest BCUT2D eigenvalue weighted by atomic mass is 32.2. The van der Waals surface area contributed by atoms with E-state index in [9.17, 15) is 9.59 Å². The van der Waals surface area contributed by atoms with Crippen molar-refractivity contribution < 1.29 is 19.4 Å². The summed E-state index contributed by atoms with van der Waals surface area (Å²) in [6, 6.07) is 6.89. The molecule has 0 radical (unpaired) electrons. The molecule has 7 heteroatoms. The van der Waals surface area contributed by atoms with Gasteiger partial charge in [0.2, 0.25) is 0 Å². The van der Waals surface area contributed by atoms with E-state index in [1.807, 2.05) is 0 Å². The van der Waals surface area contributed by atoms with Crippen molar-refractivity contribution in [3.8, 4) is 5.75 Å². The number of hydrogen-bond acceptors (Lipinski definition) is 5. The standard InChI is InChI=1S/C16H15NO4S2/c1-3-7-17-14(18)13(23-16(17)22)9-11-5-4-6-12(8-11)21-10(2)15(19)20/h3-6,8-10H,1,7H2,2H3,(H,19,20)/b13-9+. The number of aliphatic carboxylic acids is 1. The summed E-state index contributed by atoms with van der Waals surface area (Å²) >= 11 is 6.40. The number of carboxylic acids is 1. The third kappa shape index (κ3) is 4.20. The van der Waals surface area contributed by atoms with Crippen LogP contribution in [0.15, 0.2) is 41.8 Å². The number of thiocarbonyl (C=S) groups is 1. The van der Waals surface area contributed by atoms with Crippen LogP contribution < -0.4 is 4.74 Å². The monoisotopic (exact) mass is 349 g/mol.